The van der Waals surface area contributed by atoms with Crippen LogP contribution in [0.5, 0.6) is 0 Å². The van der Waals surface area contributed by atoms with Crippen LogP contribution in [-0.2, 0) is 0 Å². The molecule has 0 N–H and O–H groups in total. The highest BCUT2D eigenvalue weighted by Gasteiger charge is 2.17. The smallest absolute Gasteiger partial charge is 0.232 e. The lowest BCUT2D eigenvalue weighted by molar-refractivity contribution is 0.0918. The molecule has 4 aromatic rings. The van der Waals surface area contributed by atoms with Crippen molar-refractivity contribution >= 4 is 39.0 Å². The summed E-state index contributed by atoms with van der Waals surface area (Å²) in [5.74, 6) is 0.0331. The van der Waals surface area contributed by atoms with Crippen LogP contribution in [0.2, 0.25) is 0 Å². The van der Waals surface area contributed by atoms with Gasteiger partial charge in [-0.3, -0.25) is 9.36 Å². The van der Waals surface area contributed by atoms with Crippen molar-refractivity contribution in [2.24, 2.45) is 0 Å². The molecule has 0 amide bonds. The van der Waals surface area contributed by atoms with Crippen LogP contribution < -0.4 is 0 Å². The third-order valence-electron chi connectivity index (χ3n) is 3.72. The molecule has 0 atom stereocenters. The third kappa shape index (κ3) is 1.65. The van der Waals surface area contributed by atoms with Gasteiger partial charge in [0.05, 0.1) is 16.6 Å². The SMILES string of the molecule is CCC(=O)n1c2ccccc2c2nc3ccccc3nc21. The molecule has 4 rings (SSSR count). The molecule has 0 saturated carbocycles. The van der Waals surface area contributed by atoms with Gasteiger partial charge in [-0.25, -0.2) is 9.97 Å². The summed E-state index contributed by atoms with van der Waals surface area (Å²) in [5.41, 5.74) is 3.94. The van der Waals surface area contributed by atoms with Crippen molar-refractivity contribution in [3.8, 4) is 0 Å². The van der Waals surface area contributed by atoms with Crippen LogP contribution >= 0.6 is 0 Å². The molecule has 0 aliphatic heterocycles. The van der Waals surface area contributed by atoms with Crippen LogP contribution in [0.4, 0.5) is 0 Å². The first kappa shape index (κ1) is 12.0. The second-order valence-electron chi connectivity index (χ2n) is 4.98. The number of benzene rings is 2. The summed E-state index contributed by atoms with van der Waals surface area (Å²) >= 11 is 0. The van der Waals surface area contributed by atoms with Crippen LogP contribution in [0, 0.1) is 0 Å². The van der Waals surface area contributed by atoms with E-state index in [0.717, 1.165) is 27.5 Å². The Labute approximate surface area is 121 Å². The minimum absolute atomic E-state index is 0.0331. The fourth-order valence-electron chi connectivity index (χ4n) is 2.72. The molecule has 102 valence electrons. The molecule has 0 spiro atoms. The van der Waals surface area contributed by atoms with Gasteiger partial charge in [0.1, 0.15) is 5.52 Å². The average Bonchev–Trinajstić information content (AvgIpc) is 2.85. The fraction of sp³-hybridized carbons (Fsp3) is 0.118. The highest BCUT2D eigenvalue weighted by Crippen LogP contribution is 2.28. The van der Waals surface area contributed by atoms with E-state index in [1.54, 1.807) is 4.57 Å². The minimum Gasteiger partial charge on any atom is -0.274 e. The maximum Gasteiger partial charge on any atom is 0.232 e. The zero-order valence-electron chi connectivity index (χ0n) is 11.6. The van der Waals surface area contributed by atoms with E-state index in [4.69, 9.17) is 4.98 Å². The first-order chi connectivity index (χ1) is 10.3. The Balaban J connectivity index is 2.26. The summed E-state index contributed by atoms with van der Waals surface area (Å²) in [7, 11) is 0. The number of fused-ring (bicyclic) bond motifs is 4. The van der Waals surface area contributed by atoms with Gasteiger partial charge in [0.15, 0.2) is 5.65 Å². The van der Waals surface area contributed by atoms with Crippen LogP contribution in [0.1, 0.15) is 18.1 Å². The molecule has 4 heteroatoms. The molecule has 0 unspecified atom stereocenters. The van der Waals surface area contributed by atoms with Crippen LogP contribution in [0.15, 0.2) is 48.5 Å². The lowest BCUT2D eigenvalue weighted by atomic mass is 10.2. The Morgan fingerprint density at radius 3 is 2.43 bits per heavy atom. The van der Waals surface area contributed by atoms with Gasteiger partial charge in [-0.1, -0.05) is 37.3 Å². The maximum atomic E-state index is 12.3. The normalized spacial score (nSPS) is 11.5. The van der Waals surface area contributed by atoms with Gasteiger partial charge in [-0.2, -0.15) is 0 Å². The lowest BCUT2D eigenvalue weighted by Gasteiger charge is -2.03. The second kappa shape index (κ2) is 4.38. The van der Waals surface area contributed by atoms with E-state index >= 15 is 0 Å². The summed E-state index contributed by atoms with van der Waals surface area (Å²) in [6.45, 7) is 1.86. The number of hydrogen-bond donors (Lipinski definition) is 0. The van der Waals surface area contributed by atoms with Crippen molar-refractivity contribution in [2.75, 3.05) is 0 Å². The molecular weight excluding hydrogens is 262 g/mol. The summed E-state index contributed by atoms with van der Waals surface area (Å²) in [5, 5.41) is 0.965. The van der Waals surface area contributed by atoms with Gasteiger partial charge in [-0.15, -0.1) is 0 Å². The van der Waals surface area contributed by atoms with E-state index in [1.165, 1.54) is 0 Å². The number of carbonyl (C=O) groups is 1. The standard InChI is InChI=1S/C17H13N3O/c1-2-15(21)20-14-10-6-3-7-11(14)16-17(20)19-13-9-5-4-8-12(13)18-16/h3-10H,2H2,1H3. The van der Waals surface area contributed by atoms with Crippen LogP contribution in [0.3, 0.4) is 0 Å². The highest BCUT2D eigenvalue weighted by atomic mass is 16.2. The van der Waals surface area contributed by atoms with E-state index < -0.39 is 0 Å². The van der Waals surface area contributed by atoms with Gasteiger partial charge in [0.25, 0.3) is 0 Å². The number of para-hydroxylation sites is 3. The maximum absolute atomic E-state index is 12.3. The van der Waals surface area contributed by atoms with E-state index in [1.807, 2.05) is 55.5 Å². The first-order valence-electron chi connectivity index (χ1n) is 6.98. The van der Waals surface area contributed by atoms with Gasteiger partial charge in [0.2, 0.25) is 5.91 Å². The molecule has 2 heterocycles. The zero-order valence-corrected chi connectivity index (χ0v) is 11.6. The Morgan fingerprint density at radius 1 is 1.00 bits per heavy atom. The third-order valence-corrected chi connectivity index (χ3v) is 3.72. The molecule has 0 aliphatic carbocycles. The largest absolute Gasteiger partial charge is 0.274 e. The number of hydrogen-bond acceptors (Lipinski definition) is 3. The van der Waals surface area contributed by atoms with Crippen LogP contribution in [-0.4, -0.2) is 20.4 Å². The average molecular weight is 275 g/mol. The van der Waals surface area contributed by atoms with E-state index in [0.29, 0.717) is 12.1 Å². The van der Waals surface area contributed by atoms with Crippen molar-refractivity contribution in [2.45, 2.75) is 13.3 Å². The number of aromatic nitrogens is 3. The molecule has 21 heavy (non-hydrogen) atoms. The molecule has 0 saturated heterocycles. The molecule has 0 radical (unpaired) electrons. The summed E-state index contributed by atoms with van der Waals surface area (Å²) in [4.78, 5) is 21.7. The van der Waals surface area contributed by atoms with Crippen LogP contribution in [0.25, 0.3) is 33.1 Å². The minimum atomic E-state index is 0.0331. The number of nitrogens with zero attached hydrogens (tertiary/aromatic N) is 3. The zero-order chi connectivity index (χ0) is 14.4. The van der Waals surface area contributed by atoms with E-state index in [2.05, 4.69) is 4.98 Å². The molecule has 2 aromatic heterocycles. The van der Waals surface area contributed by atoms with Crippen molar-refractivity contribution in [1.29, 1.82) is 0 Å². The van der Waals surface area contributed by atoms with E-state index in [-0.39, 0.29) is 5.91 Å². The molecular formula is C17H13N3O. The summed E-state index contributed by atoms with van der Waals surface area (Å²) in [6, 6.07) is 15.5. The topological polar surface area (TPSA) is 47.8 Å². The van der Waals surface area contributed by atoms with Crippen molar-refractivity contribution in [3.05, 3.63) is 48.5 Å². The Bertz CT molecular complexity index is 1000. The Morgan fingerprint density at radius 2 is 1.67 bits per heavy atom. The fourth-order valence-corrected chi connectivity index (χ4v) is 2.72. The monoisotopic (exact) mass is 275 g/mol. The molecule has 2 aromatic carbocycles. The van der Waals surface area contributed by atoms with Gasteiger partial charge < -0.3 is 0 Å². The van der Waals surface area contributed by atoms with Crippen molar-refractivity contribution in [3.63, 3.8) is 0 Å². The number of rotatable bonds is 1. The quantitative estimate of drug-likeness (QED) is 0.531. The molecule has 0 bridgehead atoms. The molecule has 4 nitrogen and oxygen atoms in total. The van der Waals surface area contributed by atoms with Crippen molar-refractivity contribution < 1.29 is 4.79 Å². The van der Waals surface area contributed by atoms with Gasteiger partial charge >= 0.3 is 0 Å². The second-order valence-corrected chi connectivity index (χ2v) is 4.98. The highest BCUT2D eigenvalue weighted by molar-refractivity contribution is 6.11. The Hall–Kier alpha value is -2.75. The molecule has 0 fully saturated rings. The predicted octanol–water partition coefficient (Wildman–Crippen LogP) is 3.79. The summed E-state index contributed by atoms with van der Waals surface area (Å²) in [6.07, 6.45) is 0.433. The number of carbonyl (C=O) groups excluding carboxylic acids is 1. The predicted molar refractivity (Wildman–Crippen MR) is 83.5 cm³/mol. The lowest BCUT2D eigenvalue weighted by Crippen LogP contribution is -2.09. The van der Waals surface area contributed by atoms with Gasteiger partial charge in [0, 0.05) is 11.8 Å². The van der Waals surface area contributed by atoms with Crippen molar-refractivity contribution in [1.82, 2.24) is 14.5 Å². The van der Waals surface area contributed by atoms with Gasteiger partial charge in [-0.05, 0) is 18.2 Å². The Kier molecular flexibility index (Phi) is 2.51. The molecule has 0 aliphatic rings. The first-order valence-corrected chi connectivity index (χ1v) is 6.98. The van der Waals surface area contributed by atoms with E-state index in [9.17, 15) is 4.79 Å². The summed E-state index contributed by atoms with van der Waals surface area (Å²) < 4.78 is 1.68.